The number of aromatic nitrogens is 2. The number of hydrogen-bond donors (Lipinski definition) is 4. The molecule has 0 aliphatic rings. The number of hydrogen-bond acceptors (Lipinski definition) is 8. The van der Waals surface area contributed by atoms with Gasteiger partial charge in [-0.15, -0.1) is 0 Å². The van der Waals surface area contributed by atoms with Crippen LogP contribution in [0.15, 0.2) is 81.3 Å². The molecule has 1 atom stereocenters. The van der Waals surface area contributed by atoms with E-state index in [1.165, 1.54) is 35.9 Å². The van der Waals surface area contributed by atoms with Crippen LogP contribution in [0.3, 0.4) is 0 Å². The van der Waals surface area contributed by atoms with E-state index < -0.39 is 39.6 Å². The molecular formula is C21H22N4O8S. The smallest absolute Gasteiger partial charge is 0.330 e. The van der Waals surface area contributed by atoms with Gasteiger partial charge in [0.05, 0.1) is 17.5 Å². The predicted octanol–water partition coefficient (Wildman–Crippen LogP) is 0.546. The van der Waals surface area contributed by atoms with Crippen molar-refractivity contribution in [3.05, 3.63) is 87.7 Å². The zero-order valence-corrected chi connectivity index (χ0v) is 18.5. The van der Waals surface area contributed by atoms with Gasteiger partial charge in [0.15, 0.2) is 0 Å². The highest BCUT2D eigenvalue weighted by Gasteiger charge is 2.23. The number of aromatic amines is 1. The Labute approximate surface area is 193 Å². The Kier molecular flexibility index (Phi) is 8.32. The third-order valence-electron chi connectivity index (χ3n) is 4.44. The Morgan fingerprint density at radius 1 is 1.03 bits per heavy atom. The molecular weight excluding hydrogens is 468 g/mol. The fourth-order valence-electron chi connectivity index (χ4n) is 2.84. The molecule has 0 saturated carbocycles. The van der Waals surface area contributed by atoms with Crippen molar-refractivity contribution < 1.29 is 27.9 Å². The summed E-state index contributed by atoms with van der Waals surface area (Å²) in [6.45, 7) is -0.618. The van der Waals surface area contributed by atoms with Gasteiger partial charge >= 0.3 is 5.69 Å². The third kappa shape index (κ3) is 7.11. The molecule has 34 heavy (non-hydrogen) atoms. The molecule has 0 radical (unpaired) electrons. The first-order chi connectivity index (χ1) is 16.3. The summed E-state index contributed by atoms with van der Waals surface area (Å²) in [4.78, 5) is 36.4. The normalized spacial score (nSPS) is 12.1. The van der Waals surface area contributed by atoms with Crippen molar-refractivity contribution in [1.29, 1.82) is 0 Å². The fourth-order valence-corrected chi connectivity index (χ4v) is 4.06. The molecule has 1 aromatic heterocycles. The minimum atomic E-state index is -4.08. The number of H-pyrrole nitrogens is 1. The summed E-state index contributed by atoms with van der Waals surface area (Å²) >= 11 is 0. The van der Waals surface area contributed by atoms with Crippen LogP contribution < -0.4 is 26.2 Å². The molecule has 13 heteroatoms. The van der Waals surface area contributed by atoms with Crippen LogP contribution in [0.4, 0.5) is 0 Å². The zero-order valence-electron chi connectivity index (χ0n) is 17.7. The van der Waals surface area contributed by atoms with Crippen molar-refractivity contribution in [1.82, 2.24) is 19.8 Å². The Morgan fingerprint density at radius 3 is 2.35 bits per heavy atom. The zero-order chi connectivity index (χ0) is 24.6. The highest BCUT2D eigenvalue weighted by molar-refractivity contribution is 7.89. The number of nitrogens with zero attached hydrogens (tertiary/aromatic N) is 1. The van der Waals surface area contributed by atoms with Crippen LogP contribution >= 0.6 is 0 Å². The summed E-state index contributed by atoms with van der Waals surface area (Å²) in [5.41, 5.74) is 0.145. The highest BCUT2D eigenvalue weighted by atomic mass is 32.2. The van der Waals surface area contributed by atoms with E-state index in [4.69, 9.17) is 14.7 Å². The molecule has 1 unspecified atom stereocenters. The summed E-state index contributed by atoms with van der Waals surface area (Å²) in [6.07, 6.45) is 0.769. The number of carbonyl (C=O) groups excluding carboxylic acids is 1. The van der Waals surface area contributed by atoms with Gasteiger partial charge in [-0.05, 0) is 36.4 Å². The summed E-state index contributed by atoms with van der Waals surface area (Å²) in [7, 11) is -4.08. The van der Waals surface area contributed by atoms with Gasteiger partial charge in [-0.3, -0.25) is 24.3 Å². The largest absolute Gasteiger partial charge is 0.457 e. The van der Waals surface area contributed by atoms with Crippen molar-refractivity contribution in [2.75, 3.05) is 6.61 Å². The van der Waals surface area contributed by atoms with E-state index in [2.05, 4.69) is 9.71 Å². The maximum atomic E-state index is 12.8. The van der Waals surface area contributed by atoms with E-state index in [0.717, 1.165) is 10.6 Å². The third-order valence-corrected chi connectivity index (χ3v) is 5.97. The van der Waals surface area contributed by atoms with Gasteiger partial charge in [-0.1, -0.05) is 18.2 Å². The van der Waals surface area contributed by atoms with Crippen LogP contribution in [0, 0.1) is 0 Å². The maximum absolute atomic E-state index is 12.8. The Bertz CT molecular complexity index is 1320. The second-order valence-corrected chi connectivity index (χ2v) is 8.74. The number of para-hydroxylation sites is 1. The molecule has 1 amide bonds. The lowest BCUT2D eigenvalue weighted by molar-refractivity contribution is -0.130. The first-order valence-corrected chi connectivity index (χ1v) is 11.4. The maximum Gasteiger partial charge on any atom is 0.330 e. The second-order valence-electron chi connectivity index (χ2n) is 7.02. The van der Waals surface area contributed by atoms with Crippen LogP contribution in [0.5, 0.6) is 11.5 Å². The molecule has 0 saturated heterocycles. The average molecular weight is 490 g/mol. The van der Waals surface area contributed by atoms with E-state index in [1.807, 2.05) is 6.07 Å². The number of hydroxylamine groups is 1. The molecule has 0 aliphatic heterocycles. The van der Waals surface area contributed by atoms with Crippen molar-refractivity contribution in [2.45, 2.75) is 24.1 Å². The monoisotopic (exact) mass is 490 g/mol. The topological polar surface area (TPSA) is 169 Å². The van der Waals surface area contributed by atoms with Crippen LogP contribution in [0.2, 0.25) is 0 Å². The molecule has 0 aliphatic carbocycles. The van der Waals surface area contributed by atoms with Gasteiger partial charge in [-0.2, -0.15) is 0 Å². The quantitative estimate of drug-likeness (QED) is 0.223. The standard InChI is InChI=1S/C21H22N4O8S/c26-19-10-11-25(21(28)22-19)14-32-13-15(12-20(27)23-29)24-34(30,31)18-8-6-17(7-9-18)33-16-4-2-1-3-5-16/h1-11,15,24,29H,12-14H2,(H,23,27)(H,22,26,28). The van der Waals surface area contributed by atoms with Gasteiger partial charge in [0, 0.05) is 18.7 Å². The van der Waals surface area contributed by atoms with Crippen molar-refractivity contribution in [2.24, 2.45) is 0 Å². The van der Waals surface area contributed by atoms with E-state index in [-0.39, 0.29) is 18.2 Å². The molecule has 3 aromatic rings. The second kappa shape index (κ2) is 11.4. The van der Waals surface area contributed by atoms with Gasteiger partial charge in [0.25, 0.3) is 5.56 Å². The minimum Gasteiger partial charge on any atom is -0.457 e. The Balaban J connectivity index is 1.66. The molecule has 4 N–H and O–H groups in total. The van der Waals surface area contributed by atoms with Gasteiger partial charge in [0.2, 0.25) is 15.9 Å². The lowest BCUT2D eigenvalue weighted by Crippen LogP contribution is -2.42. The van der Waals surface area contributed by atoms with Crippen molar-refractivity contribution in [3.8, 4) is 11.5 Å². The van der Waals surface area contributed by atoms with E-state index in [1.54, 1.807) is 24.3 Å². The van der Waals surface area contributed by atoms with E-state index in [0.29, 0.717) is 11.5 Å². The van der Waals surface area contributed by atoms with Gasteiger partial charge in [0.1, 0.15) is 18.2 Å². The molecule has 0 spiro atoms. The van der Waals surface area contributed by atoms with Crippen LogP contribution in [0.1, 0.15) is 6.42 Å². The molecule has 12 nitrogen and oxygen atoms in total. The SMILES string of the molecule is O=C(CC(COCn1ccc(=O)[nH]c1=O)NS(=O)(=O)c1ccc(Oc2ccccc2)cc1)NO. The number of sulfonamides is 1. The minimum absolute atomic E-state index is 0.0841. The lowest BCUT2D eigenvalue weighted by Gasteiger charge is -2.18. The highest BCUT2D eigenvalue weighted by Crippen LogP contribution is 2.22. The Hall–Kier alpha value is -3.78. The summed E-state index contributed by atoms with van der Waals surface area (Å²) in [5, 5.41) is 8.81. The van der Waals surface area contributed by atoms with Gasteiger partial charge < -0.3 is 9.47 Å². The Morgan fingerprint density at radius 2 is 1.71 bits per heavy atom. The first kappa shape index (κ1) is 24.9. The number of benzene rings is 2. The summed E-state index contributed by atoms with van der Waals surface area (Å²) in [6, 6.07) is 14.6. The fraction of sp³-hybridized carbons (Fsp3) is 0.190. The molecule has 0 bridgehead atoms. The van der Waals surface area contributed by atoms with Crippen LogP contribution in [-0.2, 0) is 26.3 Å². The first-order valence-electron chi connectivity index (χ1n) is 9.92. The van der Waals surface area contributed by atoms with E-state index in [9.17, 15) is 22.8 Å². The number of rotatable bonds is 11. The number of ether oxygens (including phenoxy) is 2. The molecule has 2 aromatic carbocycles. The number of amides is 1. The van der Waals surface area contributed by atoms with Crippen molar-refractivity contribution >= 4 is 15.9 Å². The molecule has 3 rings (SSSR count). The lowest BCUT2D eigenvalue weighted by atomic mass is 10.2. The predicted molar refractivity (Wildman–Crippen MR) is 119 cm³/mol. The number of carbonyl (C=O) groups is 1. The van der Waals surface area contributed by atoms with Crippen LogP contribution in [-0.4, -0.2) is 41.7 Å². The van der Waals surface area contributed by atoms with Gasteiger partial charge in [-0.25, -0.2) is 23.4 Å². The van der Waals surface area contributed by atoms with E-state index >= 15 is 0 Å². The number of nitrogens with one attached hydrogen (secondary N) is 3. The van der Waals surface area contributed by atoms with Crippen molar-refractivity contribution in [3.63, 3.8) is 0 Å². The summed E-state index contributed by atoms with van der Waals surface area (Å²) in [5.74, 6) is 0.171. The molecule has 180 valence electrons. The molecule has 0 fully saturated rings. The van der Waals surface area contributed by atoms with Crippen LogP contribution in [0.25, 0.3) is 0 Å². The summed E-state index contributed by atoms with van der Waals surface area (Å²) < 4.78 is 40.0. The molecule has 1 heterocycles. The average Bonchev–Trinajstić information content (AvgIpc) is 2.81.